The van der Waals surface area contributed by atoms with Gasteiger partial charge in [-0.3, -0.25) is 33.8 Å². The van der Waals surface area contributed by atoms with Gasteiger partial charge in [-0.15, -0.1) is 0 Å². The van der Waals surface area contributed by atoms with Crippen LogP contribution in [0.1, 0.15) is 62.9 Å². The second-order valence-corrected chi connectivity index (χ2v) is 21.5. The highest BCUT2D eigenvalue weighted by atomic mass is 19.4. The molecule has 80 heavy (non-hydrogen) atoms. The number of piperidine rings is 2. The average Bonchev–Trinajstić information content (AvgIpc) is 3.97. The Labute approximate surface area is 459 Å². The number of fused-ring (bicyclic) bond motifs is 2. The van der Waals surface area contributed by atoms with Crippen molar-refractivity contribution in [1.29, 1.82) is 0 Å². The molecule has 0 spiro atoms. The van der Waals surface area contributed by atoms with Crippen LogP contribution in [-0.4, -0.2) is 154 Å². The summed E-state index contributed by atoms with van der Waals surface area (Å²) in [5.74, 6) is -4.87. The molecule has 6 amide bonds. The van der Waals surface area contributed by atoms with Crippen LogP contribution < -0.4 is 22.1 Å². The molecule has 4 unspecified atom stereocenters. The second kappa shape index (κ2) is 24.9. The van der Waals surface area contributed by atoms with Crippen molar-refractivity contribution in [1.82, 2.24) is 35.4 Å². The number of amides is 6. The number of nitrogens with one attached hydrogen (secondary N) is 2. The molecule has 2 saturated heterocycles. The van der Waals surface area contributed by atoms with Crippen LogP contribution in [0.3, 0.4) is 0 Å². The molecule has 6 N–H and O–H groups in total. The Hall–Kier alpha value is -7.54. The molecule has 4 aromatic rings. The highest BCUT2D eigenvalue weighted by Gasteiger charge is 2.57. The van der Waals surface area contributed by atoms with Crippen molar-refractivity contribution in [3.63, 3.8) is 0 Å². The zero-order chi connectivity index (χ0) is 58.2. The van der Waals surface area contributed by atoms with E-state index in [1.54, 1.807) is 44.0 Å². The Kier molecular flexibility index (Phi) is 18.7. The lowest BCUT2D eigenvalue weighted by Gasteiger charge is -2.40. The molecule has 0 saturated carbocycles. The van der Waals surface area contributed by atoms with Gasteiger partial charge in [-0.25, -0.2) is 18.8 Å². The first-order valence-corrected chi connectivity index (χ1v) is 25.9. The summed E-state index contributed by atoms with van der Waals surface area (Å²) in [6.45, 7) is 4.10. The van der Waals surface area contributed by atoms with Crippen molar-refractivity contribution in [3.8, 4) is 0 Å². The molecule has 1 aromatic heterocycles. The van der Waals surface area contributed by atoms with Gasteiger partial charge < -0.3 is 41.4 Å². The number of benzene rings is 3. The summed E-state index contributed by atoms with van der Waals surface area (Å²) in [4.78, 5) is 87.2. The number of alkyl halides is 3. The molecule has 3 aromatic carbocycles. The third-order valence-electron chi connectivity index (χ3n) is 14.0. The quantitative estimate of drug-likeness (QED) is 0.0977. The van der Waals surface area contributed by atoms with Gasteiger partial charge in [0.15, 0.2) is 0 Å². The number of hydrogen-bond donors (Lipinski definition) is 4. The van der Waals surface area contributed by atoms with Crippen molar-refractivity contribution in [3.05, 3.63) is 137 Å². The van der Waals surface area contributed by atoms with Gasteiger partial charge in [0.2, 0.25) is 23.6 Å². The molecule has 4 atom stereocenters. The molecule has 24 heteroatoms. The number of likely N-dealkylation sites (tertiary alicyclic amines) is 2. The first-order valence-electron chi connectivity index (χ1n) is 25.9. The van der Waals surface area contributed by atoms with E-state index in [4.69, 9.17) is 20.9 Å². The number of halogens is 5. The van der Waals surface area contributed by atoms with E-state index in [9.17, 15) is 50.7 Å². The minimum Gasteiger partial charge on any atom is -0.374 e. The number of carbonyl (C=O) groups excluding carboxylic acids is 6. The van der Waals surface area contributed by atoms with E-state index in [0.717, 1.165) is 22.9 Å². The largest absolute Gasteiger partial charge is 0.408 e. The van der Waals surface area contributed by atoms with Gasteiger partial charge in [0.05, 0.1) is 48.9 Å². The number of hydrogen-bond acceptors (Lipinski definition) is 13. The van der Waals surface area contributed by atoms with Gasteiger partial charge in [0, 0.05) is 76.0 Å². The summed E-state index contributed by atoms with van der Waals surface area (Å²) >= 11 is 0. The van der Waals surface area contributed by atoms with Crippen LogP contribution in [0, 0.1) is 22.5 Å². The zero-order valence-electron chi connectivity index (χ0n) is 45.1. The smallest absolute Gasteiger partial charge is 0.374 e. The summed E-state index contributed by atoms with van der Waals surface area (Å²) in [6, 6.07) is 24.9. The van der Waals surface area contributed by atoms with Gasteiger partial charge >= 0.3 is 6.18 Å². The first-order chi connectivity index (χ1) is 37.7. The topological polar surface area (TPSA) is 248 Å². The lowest BCUT2D eigenvalue weighted by atomic mass is 9.73. The Bertz CT molecular complexity index is 2960. The molecule has 428 valence electrons. The highest BCUT2D eigenvalue weighted by molar-refractivity contribution is 6.14. The van der Waals surface area contributed by atoms with Crippen molar-refractivity contribution in [2.45, 2.75) is 95.9 Å². The summed E-state index contributed by atoms with van der Waals surface area (Å²) in [5, 5.41) is 15.6. The standard InChI is InChI=1S/C28H31F5N6O4.C28H35N5O4/c1-26(2,34)24(41)36-21(14-43-13-17-6-7-18(29)11-20(17)30)23(40)38-10-8-22-27(15-38,12-19-5-3-4-9-35-19)25(42)39(37-22)16-28(31,32)33;1-27(2,29)25(35)30-22(18-37-17-21-12-8-5-9-13-21)24(34)33-15-14-23-28(19-33,26(36)32(3)31-23)16-20-10-6-4-7-11-20/h3-7,9,11,21H,8,10,12-16,34H2,1-2H3,(H,36,41);4-13,22H,14-19,29H2,1-3H3,(H,30,35). The maximum absolute atomic E-state index is 14.1. The number of nitrogens with two attached hydrogens (primary N) is 2. The van der Waals surface area contributed by atoms with Crippen molar-refractivity contribution in [2.24, 2.45) is 32.5 Å². The number of pyridine rings is 1. The summed E-state index contributed by atoms with van der Waals surface area (Å²) in [7, 11) is 1.65. The van der Waals surface area contributed by atoms with Gasteiger partial charge in [0.25, 0.3) is 11.8 Å². The number of rotatable bonds is 19. The number of nitrogens with zero attached hydrogens (tertiary/aromatic N) is 7. The van der Waals surface area contributed by atoms with Crippen molar-refractivity contribution < 1.29 is 60.2 Å². The predicted octanol–water partition coefficient (Wildman–Crippen LogP) is 4.04. The summed E-state index contributed by atoms with van der Waals surface area (Å²) in [5.41, 5.74) is 10.1. The maximum atomic E-state index is 14.1. The molecule has 0 aliphatic carbocycles. The molecular formula is C56H66F5N11O8. The Morgan fingerprint density at radius 2 is 1.19 bits per heavy atom. The van der Waals surface area contributed by atoms with E-state index >= 15 is 0 Å². The SMILES string of the molecule is CC(C)(N)C(=O)NC(COCc1ccc(F)cc1F)C(=O)N1CCC2=NN(CC(F)(F)F)C(=O)C2(Cc2ccccn2)C1.CN1N=C2CCN(C(=O)C(COCc3ccccc3)NC(=O)C(C)(C)N)CC2(Cc2ccccc2)C1=O. The summed E-state index contributed by atoms with van der Waals surface area (Å²) in [6.07, 6.45) is -2.44. The van der Waals surface area contributed by atoms with Crippen LogP contribution in [0.5, 0.6) is 0 Å². The van der Waals surface area contributed by atoms with Gasteiger partial charge in [-0.05, 0) is 63.4 Å². The molecule has 8 rings (SSSR count). The molecule has 2 fully saturated rings. The van der Waals surface area contributed by atoms with Gasteiger partial charge in [0.1, 0.15) is 41.1 Å². The fourth-order valence-electron chi connectivity index (χ4n) is 9.75. The van der Waals surface area contributed by atoms with E-state index < -0.39 is 88.6 Å². The fourth-order valence-corrected chi connectivity index (χ4v) is 9.75. The highest BCUT2D eigenvalue weighted by Crippen LogP contribution is 2.41. The third kappa shape index (κ3) is 14.6. The Morgan fingerprint density at radius 3 is 1.70 bits per heavy atom. The number of aromatic nitrogens is 1. The third-order valence-corrected chi connectivity index (χ3v) is 14.0. The molecule has 19 nitrogen and oxygen atoms in total. The van der Waals surface area contributed by atoms with E-state index in [2.05, 4.69) is 25.8 Å². The van der Waals surface area contributed by atoms with Crippen LogP contribution in [0.25, 0.3) is 0 Å². The first kappa shape index (κ1) is 60.1. The normalized spacial score (nSPS) is 19.9. The monoisotopic (exact) mass is 1120 g/mol. The van der Waals surface area contributed by atoms with Crippen LogP contribution >= 0.6 is 0 Å². The number of hydrazone groups is 2. The molecule has 0 bridgehead atoms. The second-order valence-electron chi connectivity index (χ2n) is 21.5. The van der Waals surface area contributed by atoms with Gasteiger partial charge in [-0.2, -0.15) is 23.4 Å². The predicted molar refractivity (Wildman–Crippen MR) is 283 cm³/mol. The lowest BCUT2D eigenvalue weighted by molar-refractivity contribution is -0.164. The van der Waals surface area contributed by atoms with E-state index in [0.29, 0.717) is 42.8 Å². The van der Waals surface area contributed by atoms with Crippen LogP contribution in [0.2, 0.25) is 0 Å². The average molecular weight is 1120 g/mol. The van der Waals surface area contributed by atoms with E-state index in [1.807, 2.05) is 60.7 Å². The zero-order valence-corrected chi connectivity index (χ0v) is 45.1. The minimum atomic E-state index is -4.71. The molecule has 4 aliphatic rings. The molecule has 0 radical (unpaired) electrons. The minimum absolute atomic E-state index is 0.00697. The van der Waals surface area contributed by atoms with Crippen molar-refractivity contribution >= 4 is 46.9 Å². The number of ether oxygens (including phenoxy) is 2. The van der Waals surface area contributed by atoms with E-state index in [-0.39, 0.29) is 68.8 Å². The number of carbonyl (C=O) groups is 6. The maximum Gasteiger partial charge on any atom is 0.408 e. The Morgan fingerprint density at radius 1 is 0.675 bits per heavy atom. The Balaban J connectivity index is 0.000000234. The van der Waals surface area contributed by atoms with Crippen LogP contribution in [-0.2, 0) is 64.3 Å². The van der Waals surface area contributed by atoms with Gasteiger partial charge in [-0.1, -0.05) is 72.8 Å². The van der Waals surface area contributed by atoms with Crippen molar-refractivity contribution in [2.75, 3.05) is 53.0 Å². The molecule has 5 heterocycles. The van der Waals surface area contributed by atoms with Crippen LogP contribution in [0.15, 0.2) is 113 Å². The van der Waals surface area contributed by atoms with Crippen LogP contribution in [0.4, 0.5) is 22.0 Å². The lowest BCUT2D eigenvalue weighted by Crippen LogP contribution is -2.62. The fraction of sp³-hybridized carbons (Fsp3) is 0.446. The molecule has 4 aliphatic heterocycles. The molecular weight excluding hydrogens is 1050 g/mol. The van der Waals surface area contributed by atoms with E-state index in [1.165, 1.54) is 36.0 Å². The summed E-state index contributed by atoms with van der Waals surface area (Å²) < 4.78 is 78.6.